The average molecular weight is 248 g/mol. The van der Waals surface area contributed by atoms with Gasteiger partial charge < -0.3 is 10.6 Å². The molecular formula is C16H28N2. The summed E-state index contributed by atoms with van der Waals surface area (Å²) in [4.78, 5) is 2.41. The number of rotatable bonds is 9. The smallest absolute Gasteiger partial charge is 0.0386 e. The summed E-state index contributed by atoms with van der Waals surface area (Å²) in [5.41, 5.74) is 7.95. The predicted octanol–water partition coefficient (Wildman–Crippen LogP) is 4.46. The molecule has 2 nitrogen and oxygen atoms in total. The van der Waals surface area contributed by atoms with Crippen LogP contribution < -0.4 is 10.6 Å². The second-order valence-electron chi connectivity index (χ2n) is 4.94. The van der Waals surface area contributed by atoms with Crippen LogP contribution in [0, 0.1) is 0 Å². The van der Waals surface area contributed by atoms with Crippen LogP contribution in [0.1, 0.15) is 52.4 Å². The van der Waals surface area contributed by atoms with Gasteiger partial charge in [0.25, 0.3) is 0 Å². The standard InChI is InChI=1S/C16H28N2/c1-3-5-6-7-8-9-13-18(4-2)16-12-10-11-15(17)14-16/h10-12,14H,3-9,13,17H2,1-2H3. The van der Waals surface area contributed by atoms with Gasteiger partial charge in [-0.05, 0) is 31.5 Å². The summed E-state index contributed by atoms with van der Waals surface area (Å²) >= 11 is 0. The van der Waals surface area contributed by atoms with Crippen LogP contribution in [0.4, 0.5) is 11.4 Å². The van der Waals surface area contributed by atoms with Gasteiger partial charge in [-0.25, -0.2) is 0 Å². The van der Waals surface area contributed by atoms with Crippen molar-refractivity contribution in [3.63, 3.8) is 0 Å². The van der Waals surface area contributed by atoms with Crippen molar-refractivity contribution in [2.24, 2.45) is 0 Å². The third-order valence-corrected chi connectivity index (χ3v) is 3.40. The highest BCUT2D eigenvalue weighted by molar-refractivity contribution is 5.55. The summed E-state index contributed by atoms with van der Waals surface area (Å²) in [6, 6.07) is 8.20. The second kappa shape index (κ2) is 8.84. The Kier molecular flexibility index (Phi) is 7.31. The summed E-state index contributed by atoms with van der Waals surface area (Å²) in [6.07, 6.45) is 8.10. The first kappa shape index (κ1) is 14.9. The van der Waals surface area contributed by atoms with E-state index in [1.807, 2.05) is 12.1 Å². The van der Waals surface area contributed by atoms with Gasteiger partial charge in [0, 0.05) is 24.5 Å². The zero-order valence-electron chi connectivity index (χ0n) is 12.0. The molecule has 0 aliphatic heterocycles. The first-order chi connectivity index (χ1) is 8.77. The highest BCUT2D eigenvalue weighted by Crippen LogP contribution is 2.18. The number of anilines is 2. The van der Waals surface area contributed by atoms with Crippen LogP contribution in [-0.4, -0.2) is 13.1 Å². The Morgan fingerprint density at radius 1 is 1.00 bits per heavy atom. The average Bonchev–Trinajstić information content (AvgIpc) is 2.38. The van der Waals surface area contributed by atoms with Crippen molar-refractivity contribution < 1.29 is 0 Å². The molecule has 18 heavy (non-hydrogen) atoms. The van der Waals surface area contributed by atoms with Crippen LogP contribution >= 0.6 is 0 Å². The van der Waals surface area contributed by atoms with Crippen LogP contribution in [0.5, 0.6) is 0 Å². The third kappa shape index (κ3) is 5.44. The molecule has 1 aromatic carbocycles. The molecule has 0 radical (unpaired) electrons. The Bertz CT molecular complexity index is 323. The maximum atomic E-state index is 5.83. The lowest BCUT2D eigenvalue weighted by atomic mass is 10.1. The van der Waals surface area contributed by atoms with E-state index in [-0.39, 0.29) is 0 Å². The molecule has 2 N–H and O–H groups in total. The molecule has 1 aromatic rings. The summed E-state index contributed by atoms with van der Waals surface area (Å²) in [7, 11) is 0. The van der Waals surface area contributed by atoms with E-state index in [9.17, 15) is 0 Å². The van der Waals surface area contributed by atoms with E-state index in [0.717, 1.165) is 18.8 Å². The highest BCUT2D eigenvalue weighted by atomic mass is 15.1. The normalized spacial score (nSPS) is 10.6. The van der Waals surface area contributed by atoms with Gasteiger partial charge in [-0.2, -0.15) is 0 Å². The van der Waals surface area contributed by atoms with Gasteiger partial charge >= 0.3 is 0 Å². The van der Waals surface area contributed by atoms with Crippen LogP contribution in [0.2, 0.25) is 0 Å². The lowest BCUT2D eigenvalue weighted by Gasteiger charge is -2.23. The quantitative estimate of drug-likeness (QED) is 0.516. The van der Waals surface area contributed by atoms with E-state index in [2.05, 4.69) is 30.9 Å². The Balaban J connectivity index is 2.29. The fourth-order valence-electron chi connectivity index (χ4n) is 2.27. The minimum Gasteiger partial charge on any atom is -0.399 e. The number of nitrogen functional groups attached to an aromatic ring is 1. The molecule has 1 rings (SSSR count). The SMILES string of the molecule is CCCCCCCCN(CC)c1cccc(N)c1. The molecule has 0 amide bonds. The predicted molar refractivity (Wildman–Crippen MR) is 82.1 cm³/mol. The number of nitrogens with two attached hydrogens (primary N) is 1. The fraction of sp³-hybridized carbons (Fsp3) is 0.625. The van der Waals surface area contributed by atoms with E-state index in [1.54, 1.807) is 0 Å². The fourth-order valence-corrected chi connectivity index (χ4v) is 2.27. The minimum atomic E-state index is 0.855. The van der Waals surface area contributed by atoms with Crippen LogP contribution in [0.15, 0.2) is 24.3 Å². The van der Waals surface area contributed by atoms with Gasteiger partial charge in [-0.3, -0.25) is 0 Å². The topological polar surface area (TPSA) is 29.3 Å². The summed E-state index contributed by atoms with van der Waals surface area (Å²) in [5.74, 6) is 0. The highest BCUT2D eigenvalue weighted by Gasteiger charge is 2.03. The molecule has 0 aromatic heterocycles. The molecule has 0 atom stereocenters. The van der Waals surface area contributed by atoms with E-state index in [1.165, 1.54) is 44.2 Å². The Morgan fingerprint density at radius 3 is 2.39 bits per heavy atom. The number of benzene rings is 1. The monoisotopic (exact) mass is 248 g/mol. The van der Waals surface area contributed by atoms with Gasteiger partial charge in [-0.1, -0.05) is 45.1 Å². The van der Waals surface area contributed by atoms with Crippen LogP contribution in [-0.2, 0) is 0 Å². The van der Waals surface area contributed by atoms with Crippen molar-refractivity contribution in [2.45, 2.75) is 52.4 Å². The van der Waals surface area contributed by atoms with Crippen molar-refractivity contribution in [2.75, 3.05) is 23.7 Å². The van der Waals surface area contributed by atoms with Crippen molar-refractivity contribution in [3.05, 3.63) is 24.3 Å². The van der Waals surface area contributed by atoms with Crippen molar-refractivity contribution in [1.82, 2.24) is 0 Å². The molecule has 102 valence electrons. The molecule has 0 spiro atoms. The molecule has 0 fully saturated rings. The lowest BCUT2D eigenvalue weighted by molar-refractivity contribution is 0.601. The second-order valence-corrected chi connectivity index (χ2v) is 4.94. The van der Waals surface area contributed by atoms with E-state index in [4.69, 9.17) is 5.73 Å². The van der Waals surface area contributed by atoms with Crippen molar-refractivity contribution in [3.8, 4) is 0 Å². The molecule has 2 heteroatoms. The number of hydrogen-bond donors (Lipinski definition) is 1. The van der Waals surface area contributed by atoms with E-state index >= 15 is 0 Å². The molecule has 0 bridgehead atoms. The van der Waals surface area contributed by atoms with E-state index < -0.39 is 0 Å². The van der Waals surface area contributed by atoms with Gasteiger partial charge in [0.15, 0.2) is 0 Å². The molecule has 0 saturated heterocycles. The largest absolute Gasteiger partial charge is 0.399 e. The summed E-state index contributed by atoms with van der Waals surface area (Å²) < 4.78 is 0. The van der Waals surface area contributed by atoms with Gasteiger partial charge in [0.05, 0.1) is 0 Å². The molecule has 0 aliphatic carbocycles. The molecular weight excluding hydrogens is 220 g/mol. The third-order valence-electron chi connectivity index (χ3n) is 3.40. The first-order valence-electron chi connectivity index (χ1n) is 7.38. The van der Waals surface area contributed by atoms with E-state index in [0.29, 0.717) is 0 Å². The summed E-state index contributed by atoms with van der Waals surface area (Å²) in [6.45, 7) is 6.67. The Labute approximate surface area is 112 Å². The summed E-state index contributed by atoms with van der Waals surface area (Å²) in [5, 5.41) is 0. The Morgan fingerprint density at radius 2 is 1.72 bits per heavy atom. The minimum absolute atomic E-state index is 0.855. The number of unbranched alkanes of at least 4 members (excludes halogenated alkanes) is 5. The molecule has 0 unspecified atom stereocenters. The lowest BCUT2D eigenvalue weighted by Crippen LogP contribution is -2.23. The maximum absolute atomic E-state index is 5.83. The van der Waals surface area contributed by atoms with Crippen LogP contribution in [0.25, 0.3) is 0 Å². The number of hydrogen-bond acceptors (Lipinski definition) is 2. The molecule has 0 heterocycles. The van der Waals surface area contributed by atoms with Gasteiger partial charge in [0.1, 0.15) is 0 Å². The zero-order valence-corrected chi connectivity index (χ0v) is 12.0. The maximum Gasteiger partial charge on any atom is 0.0386 e. The van der Waals surface area contributed by atoms with Gasteiger partial charge in [-0.15, -0.1) is 0 Å². The van der Waals surface area contributed by atoms with Crippen molar-refractivity contribution in [1.29, 1.82) is 0 Å². The number of nitrogens with zero attached hydrogens (tertiary/aromatic N) is 1. The van der Waals surface area contributed by atoms with Gasteiger partial charge in [0.2, 0.25) is 0 Å². The van der Waals surface area contributed by atoms with Crippen LogP contribution in [0.3, 0.4) is 0 Å². The molecule has 0 aliphatic rings. The molecule has 0 saturated carbocycles. The van der Waals surface area contributed by atoms with Crippen molar-refractivity contribution >= 4 is 11.4 Å². The Hall–Kier alpha value is -1.18. The zero-order chi connectivity index (χ0) is 13.2. The first-order valence-corrected chi connectivity index (χ1v) is 7.38.